The predicted octanol–water partition coefficient (Wildman–Crippen LogP) is 3.56. The minimum absolute atomic E-state index is 0.443. The highest BCUT2D eigenvalue weighted by Crippen LogP contribution is 2.36. The number of allylic oxidation sites excluding steroid dienone is 1. The first kappa shape index (κ1) is 12.3. The van der Waals surface area contributed by atoms with E-state index in [1.54, 1.807) is 0 Å². The molecule has 14 heavy (non-hydrogen) atoms. The second-order valence-corrected chi connectivity index (χ2v) is 6.95. The summed E-state index contributed by atoms with van der Waals surface area (Å²) in [5, 5.41) is 0. The van der Waals surface area contributed by atoms with E-state index in [1.165, 1.54) is 22.8 Å². The molecule has 1 unspecified atom stereocenters. The van der Waals surface area contributed by atoms with Crippen LogP contribution in [0, 0.1) is 0 Å². The molecule has 1 nitrogen and oxygen atoms in total. The van der Waals surface area contributed by atoms with E-state index in [4.69, 9.17) is 4.74 Å². The van der Waals surface area contributed by atoms with Crippen molar-refractivity contribution < 1.29 is 4.74 Å². The SMILES string of the molecule is CC(C)=COCCC1(C)CSCCS1. The van der Waals surface area contributed by atoms with E-state index >= 15 is 0 Å². The lowest BCUT2D eigenvalue weighted by molar-refractivity contribution is 0.233. The van der Waals surface area contributed by atoms with Gasteiger partial charge in [-0.3, -0.25) is 0 Å². The molecule has 3 heteroatoms. The van der Waals surface area contributed by atoms with Gasteiger partial charge in [-0.1, -0.05) is 0 Å². The van der Waals surface area contributed by atoms with Crippen LogP contribution in [0.15, 0.2) is 11.8 Å². The summed E-state index contributed by atoms with van der Waals surface area (Å²) in [5.41, 5.74) is 1.24. The second-order valence-electron chi connectivity index (χ2n) is 4.17. The fraction of sp³-hybridized carbons (Fsp3) is 0.818. The molecule has 1 aliphatic rings. The van der Waals surface area contributed by atoms with Crippen LogP contribution in [0.2, 0.25) is 0 Å². The van der Waals surface area contributed by atoms with Crippen LogP contribution in [0.4, 0.5) is 0 Å². The quantitative estimate of drug-likeness (QED) is 0.542. The Morgan fingerprint density at radius 1 is 1.43 bits per heavy atom. The van der Waals surface area contributed by atoms with Crippen molar-refractivity contribution in [1.29, 1.82) is 0 Å². The lowest BCUT2D eigenvalue weighted by Gasteiger charge is -2.32. The summed E-state index contributed by atoms with van der Waals surface area (Å²) in [7, 11) is 0. The summed E-state index contributed by atoms with van der Waals surface area (Å²) in [6, 6.07) is 0. The lowest BCUT2D eigenvalue weighted by atomic mass is 10.1. The molecule has 0 aromatic rings. The molecule has 0 N–H and O–H groups in total. The van der Waals surface area contributed by atoms with E-state index in [-0.39, 0.29) is 0 Å². The van der Waals surface area contributed by atoms with Gasteiger partial charge >= 0.3 is 0 Å². The van der Waals surface area contributed by atoms with Crippen molar-refractivity contribution in [2.75, 3.05) is 23.9 Å². The molecule has 0 spiro atoms. The molecule has 1 aliphatic heterocycles. The Morgan fingerprint density at radius 3 is 2.79 bits per heavy atom. The molecule has 0 aromatic heterocycles. The molecule has 0 saturated carbocycles. The smallest absolute Gasteiger partial charge is 0.0886 e. The highest BCUT2D eigenvalue weighted by Gasteiger charge is 2.27. The van der Waals surface area contributed by atoms with Crippen molar-refractivity contribution in [2.24, 2.45) is 0 Å². The van der Waals surface area contributed by atoms with Gasteiger partial charge in [-0.25, -0.2) is 0 Å². The van der Waals surface area contributed by atoms with Gasteiger partial charge in [0.1, 0.15) is 0 Å². The van der Waals surface area contributed by atoms with Crippen molar-refractivity contribution >= 4 is 23.5 Å². The lowest BCUT2D eigenvalue weighted by Crippen LogP contribution is -2.29. The second kappa shape index (κ2) is 5.96. The molecule has 1 fully saturated rings. The molecule has 0 aromatic carbocycles. The van der Waals surface area contributed by atoms with Crippen LogP contribution < -0.4 is 0 Å². The Morgan fingerprint density at radius 2 is 2.21 bits per heavy atom. The molecule has 1 atom stereocenters. The van der Waals surface area contributed by atoms with E-state index in [9.17, 15) is 0 Å². The first-order valence-electron chi connectivity index (χ1n) is 5.09. The summed E-state index contributed by atoms with van der Waals surface area (Å²) in [6.45, 7) is 7.34. The van der Waals surface area contributed by atoms with Crippen LogP contribution >= 0.6 is 23.5 Å². The molecule has 0 radical (unpaired) electrons. The maximum absolute atomic E-state index is 5.48. The molecule has 1 heterocycles. The van der Waals surface area contributed by atoms with Crippen molar-refractivity contribution in [3.05, 3.63) is 11.8 Å². The minimum Gasteiger partial charge on any atom is -0.501 e. The maximum Gasteiger partial charge on any atom is 0.0886 e. The highest BCUT2D eigenvalue weighted by molar-refractivity contribution is 8.07. The van der Waals surface area contributed by atoms with E-state index in [0.29, 0.717) is 4.75 Å². The summed E-state index contributed by atoms with van der Waals surface area (Å²) in [4.78, 5) is 0. The number of rotatable bonds is 4. The summed E-state index contributed by atoms with van der Waals surface area (Å²) in [6.07, 6.45) is 3.03. The van der Waals surface area contributed by atoms with Crippen LogP contribution in [0.25, 0.3) is 0 Å². The Balaban J connectivity index is 2.19. The third-order valence-corrected chi connectivity index (χ3v) is 5.38. The number of thioether (sulfide) groups is 2. The van der Waals surface area contributed by atoms with Crippen LogP contribution in [0.5, 0.6) is 0 Å². The van der Waals surface area contributed by atoms with E-state index in [1.807, 2.05) is 6.26 Å². The van der Waals surface area contributed by atoms with E-state index in [0.717, 1.165) is 13.0 Å². The van der Waals surface area contributed by atoms with Crippen LogP contribution in [-0.4, -0.2) is 28.6 Å². The summed E-state index contributed by atoms with van der Waals surface area (Å²) < 4.78 is 5.92. The summed E-state index contributed by atoms with van der Waals surface area (Å²) >= 11 is 4.18. The molecule has 0 bridgehead atoms. The Hall–Kier alpha value is 0.240. The van der Waals surface area contributed by atoms with Crippen molar-refractivity contribution in [1.82, 2.24) is 0 Å². The van der Waals surface area contributed by atoms with Gasteiger partial charge in [0, 0.05) is 22.0 Å². The topological polar surface area (TPSA) is 9.23 Å². The standard InChI is InChI=1S/C11H20OS2/c1-10(2)8-12-5-4-11(3)9-13-6-7-14-11/h8H,4-7,9H2,1-3H3. The molecule has 0 aliphatic carbocycles. The van der Waals surface area contributed by atoms with E-state index in [2.05, 4.69) is 44.3 Å². The fourth-order valence-corrected chi connectivity index (χ4v) is 4.15. The molecule has 1 saturated heterocycles. The molecule has 82 valence electrons. The van der Waals surface area contributed by atoms with Gasteiger partial charge in [-0.2, -0.15) is 23.5 Å². The van der Waals surface area contributed by atoms with Gasteiger partial charge in [0.15, 0.2) is 0 Å². The Bertz CT molecular complexity index is 191. The van der Waals surface area contributed by atoms with Gasteiger partial charge in [0.25, 0.3) is 0 Å². The molecule has 0 amide bonds. The minimum atomic E-state index is 0.443. The number of hydrogen-bond acceptors (Lipinski definition) is 3. The first-order chi connectivity index (χ1) is 6.62. The Kier molecular flexibility index (Phi) is 5.24. The zero-order valence-corrected chi connectivity index (χ0v) is 11.0. The largest absolute Gasteiger partial charge is 0.501 e. The molecule has 1 rings (SSSR count). The van der Waals surface area contributed by atoms with Gasteiger partial charge in [0.2, 0.25) is 0 Å². The first-order valence-corrected chi connectivity index (χ1v) is 7.23. The van der Waals surface area contributed by atoms with Gasteiger partial charge in [-0.05, 0) is 32.8 Å². The monoisotopic (exact) mass is 232 g/mol. The van der Waals surface area contributed by atoms with Crippen LogP contribution in [-0.2, 0) is 4.74 Å². The number of hydrogen-bond donors (Lipinski definition) is 0. The maximum atomic E-state index is 5.48. The van der Waals surface area contributed by atoms with Crippen LogP contribution in [0.3, 0.4) is 0 Å². The number of ether oxygens (including phenoxy) is 1. The third-order valence-electron chi connectivity index (χ3n) is 2.15. The normalized spacial score (nSPS) is 27.1. The van der Waals surface area contributed by atoms with Gasteiger partial charge < -0.3 is 4.74 Å². The Labute approximate surface area is 96.1 Å². The van der Waals surface area contributed by atoms with Gasteiger partial charge in [-0.15, -0.1) is 0 Å². The molecular formula is C11H20OS2. The molecular weight excluding hydrogens is 212 g/mol. The third kappa shape index (κ3) is 4.65. The van der Waals surface area contributed by atoms with Crippen LogP contribution in [0.1, 0.15) is 27.2 Å². The fourth-order valence-electron chi connectivity index (χ4n) is 1.32. The zero-order chi connectivity index (χ0) is 10.4. The van der Waals surface area contributed by atoms with Gasteiger partial charge in [0.05, 0.1) is 12.9 Å². The summed E-state index contributed by atoms with van der Waals surface area (Å²) in [5.74, 6) is 3.88. The zero-order valence-electron chi connectivity index (χ0n) is 9.34. The highest BCUT2D eigenvalue weighted by atomic mass is 32.2. The average molecular weight is 232 g/mol. The van der Waals surface area contributed by atoms with Crippen molar-refractivity contribution in [2.45, 2.75) is 31.9 Å². The average Bonchev–Trinajstić information content (AvgIpc) is 2.14. The van der Waals surface area contributed by atoms with E-state index < -0.39 is 0 Å². The van der Waals surface area contributed by atoms with Crippen molar-refractivity contribution in [3.63, 3.8) is 0 Å². The predicted molar refractivity (Wildman–Crippen MR) is 68.2 cm³/mol. The van der Waals surface area contributed by atoms with Crippen molar-refractivity contribution in [3.8, 4) is 0 Å².